The van der Waals surface area contributed by atoms with Crippen LogP contribution in [0.25, 0.3) is 0 Å². The maximum Gasteiger partial charge on any atom is 0.232 e. The summed E-state index contributed by atoms with van der Waals surface area (Å²) in [5.74, 6) is 1.93. The molecule has 0 saturated heterocycles. The van der Waals surface area contributed by atoms with Gasteiger partial charge in [0.05, 0.1) is 18.5 Å². The maximum absolute atomic E-state index is 5.84. The van der Waals surface area contributed by atoms with Gasteiger partial charge < -0.3 is 10.1 Å². The largest absolute Gasteiger partial charge is 0.476 e. The van der Waals surface area contributed by atoms with E-state index in [0.717, 1.165) is 31.7 Å². The van der Waals surface area contributed by atoms with E-state index in [4.69, 9.17) is 4.74 Å². The number of ether oxygens (including phenoxy) is 1. The van der Waals surface area contributed by atoms with Gasteiger partial charge in [0, 0.05) is 18.8 Å². The van der Waals surface area contributed by atoms with Crippen LogP contribution in [0.15, 0.2) is 24.5 Å². The molecule has 4 heteroatoms. The number of rotatable bonds is 6. The first kappa shape index (κ1) is 13.6. The van der Waals surface area contributed by atoms with Crippen LogP contribution >= 0.6 is 0 Å². The third-order valence-electron chi connectivity index (χ3n) is 4.17. The van der Waals surface area contributed by atoms with E-state index < -0.39 is 0 Å². The monoisotopic (exact) mass is 273 g/mol. The summed E-state index contributed by atoms with van der Waals surface area (Å²) in [4.78, 5) is 8.74. The second kappa shape index (κ2) is 6.35. The predicted molar refractivity (Wildman–Crippen MR) is 78.4 cm³/mol. The Morgan fingerprint density at radius 2 is 2.10 bits per heavy atom. The van der Waals surface area contributed by atoms with Gasteiger partial charge in [-0.2, -0.15) is 0 Å². The number of allylic oxidation sites excluding steroid dienone is 2. The highest BCUT2D eigenvalue weighted by Gasteiger charge is 2.21. The smallest absolute Gasteiger partial charge is 0.232 e. The molecule has 2 aliphatic rings. The van der Waals surface area contributed by atoms with Crippen LogP contribution in [0, 0.1) is 11.8 Å². The molecule has 0 aromatic carbocycles. The van der Waals surface area contributed by atoms with Crippen LogP contribution in [0.2, 0.25) is 0 Å². The van der Waals surface area contributed by atoms with Crippen LogP contribution < -0.4 is 10.1 Å². The Morgan fingerprint density at radius 3 is 2.90 bits per heavy atom. The zero-order valence-electron chi connectivity index (χ0n) is 12.1. The summed E-state index contributed by atoms with van der Waals surface area (Å²) >= 11 is 0. The summed E-state index contributed by atoms with van der Waals surface area (Å²) in [6, 6.07) is 0.691. The minimum absolute atomic E-state index is 0.593. The first-order valence-corrected chi connectivity index (χ1v) is 7.63. The van der Waals surface area contributed by atoms with E-state index in [9.17, 15) is 0 Å². The van der Waals surface area contributed by atoms with Gasteiger partial charge in [0.15, 0.2) is 0 Å². The summed E-state index contributed by atoms with van der Waals surface area (Å²) in [5, 5.41) is 3.45. The Morgan fingerprint density at radius 1 is 1.25 bits per heavy atom. The molecule has 1 heterocycles. The molecule has 20 heavy (non-hydrogen) atoms. The van der Waals surface area contributed by atoms with E-state index in [1.165, 1.54) is 12.8 Å². The fourth-order valence-corrected chi connectivity index (χ4v) is 2.51. The molecule has 2 aliphatic carbocycles. The van der Waals surface area contributed by atoms with Gasteiger partial charge in [0.25, 0.3) is 0 Å². The fraction of sp³-hybridized carbons (Fsp3) is 0.625. The molecule has 1 N–H and O–H groups in total. The molecule has 0 spiro atoms. The maximum atomic E-state index is 5.84. The first-order valence-electron chi connectivity index (χ1n) is 7.63. The van der Waals surface area contributed by atoms with Gasteiger partial charge >= 0.3 is 0 Å². The molecule has 2 unspecified atom stereocenters. The van der Waals surface area contributed by atoms with Gasteiger partial charge in [0.1, 0.15) is 0 Å². The van der Waals surface area contributed by atoms with Crippen LogP contribution in [-0.4, -0.2) is 22.6 Å². The molecule has 0 aliphatic heterocycles. The van der Waals surface area contributed by atoms with Crippen molar-refractivity contribution in [1.29, 1.82) is 0 Å². The van der Waals surface area contributed by atoms with E-state index in [1.54, 1.807) is 6.20 Å². The zero-order chi connectivity index (χ0) is 13.8. The lowest BCUT2D eigenvalue weighted by Gasteiger charge is -2.24. The van der Waals surface area contributed by atoms with Gasteiger partial charge in [-0.05, 0) is 37.5 Å². The van der Waals surface area contributed by atoms with Crippen LogP contribution in [0.3, 0.4) is 0 Å². The molecule has 1 aromatic rings. The summed E-state index contributed by atoms with van der Waals surface area (Å²) < 4.78 is 5.84. The molecule has 108 valence electrons. The zero-order valence-corrected chi connectivity index (χ0v) is 12.1. The standard InChI is InChI=1S/C16H23N3O/c1-12-4-2-3-5-13(12)11-20-16-10-17-8-15(19-16)9-18-14-6-7-14/h2-3,8,10,12-14,18H,4-7,9,11H2,1H3. The minimum atomic E-state index is 0.593. The molecule has 1 saturated carbocycles. The van der Waals surface area contributed by atoms with Crippen LogP contribution in [-0.2, 0) is 6.54 Å². The van der Waals surface area contributed by atoms with Crippen molar-refractivity contribution in [2.45, 2.75) is 45.2 Å². The minimum Gasteiger partial charge on any atom is -0.476 e. The molecule has 1 aromatic heterocycles. The van der Waals surface area contributed by atoms with E-state index in [-0.39, 0.29) is 0 Å². The summed E-state index contributed by atoms with van der Waals surface area (Å²) in [7, 11) is 0. The second-order valence-corrected chi connectivity index (χ2v) is 5.99. The van der Waals surface area contributed by atoms with Crippen molar-refractivity contribution >= 4 is 0 Å². The molecular weight excluding hydrogens is 250 g/mol. The summed E-state index contributed by atoms with van der Waals surface area (Å²) in [6.45, 7) is 3.82. The van der Waals surface area contributed by atoms with E-state index >= 15 is 0 Å². The Labute approximate surface area is 120 Å². The highest BCUT2D eigenvalue weighted by molar-refractivity contribution is 5.09. The average Bonchev–Trinajstić information content (AvgIpc) is 3.29. The molecule has 0 bridgehead atoms. The quantitative estimate of drug-likeness (QED) is 0.810. The van der Waals surface area contributed by atoms with Crippen molar-refractivity contribution in [3.63, 3.8) is 0 Å². The molecule has 2 atom stereocenters. The summed E-state index contributed by atoms with van der Waals surface area (Å²) in [6.07, 6.45) is 12.9. The molecule has 1 fully saturated rings. The Hall–Kier alpha value is -1.42. The number of aromatic nitrogens is 2. The van der Waals surface area contributed by atoms with Gasteiger partial charge in [-0.3, -0.25) is 4.98 Å². The molecule has 4 nitrogen and oxygen atoms in total. The van der Waals surface area contributed by atoms with Crippen molar-refractivity contribution in [2.24, 2.45) is 11.8 Å². The highest BCUT2D eigenvalue weighted by atomic mass is 16.5. The van der Waals surface area contributed by atoms with E-state index in [2.05, 4.69) is 34.4 Å². The van der Waals surface area contributed by atoms with Crippen molar-refractivity contribution in [3.8, 4) is 5.88 Å². The Balaban J connectivity index is 1.51. The molecule has 0 amide bonds. The lowest BCUT2D eigenvalue weighted by Crippen LogP contribution is -2.22. The first-order chi connectivity index (χ1) is 9.81. The van der Waals surface area contributed by atoms with Crippen molar-refractivity contribution < 1.29 is 4.74 Å². The third-order valence-corrected chi connectivity index (χ3v) is 4.17. The Kier molecular flexibility index (Phi) is 4.31. The number of hydrogen-bond donors (Lipinski definition) is 1. The summed E-state index contributed by atoms with van der Waals surface area (Å²) in [5.41, 5.74) is 0.964. The lowest BCUT2D eigenvalue weighted by molar-refractivity contribution is 0.191. The fourth-order valence-electron chi connectivity index (χ4n) is 2.51. The van der Waals surface area contributed by atoms with Gasteiger partial charge in [-0.1, -0.05) is 19.1 Å². The van der Waals surface area contributed by atoms with Gasteiger partial charge in [-0.25, -0.2) is 4.98 Å². The molecule has 0 radical (unpaired) electrons. The van der Waals surface area contributed by atoms with E-state index in [1.807, 2.05) is 6.20 Å². The van der Waals surface area contributed by atoms with Crippen LogP contribution in [0.1, 0.15) is 38.3 Å². The Bertz CT molecular complexity index is 471. The second-order valence-electron chi connectivity index (χ2n) is 5.99. The van der Waals surface area contributed by atoms with Gasteiger partial charge in [0.2, 0.25) is 5.88 Å². The predicted octanol–water partition coefficient (Wildman–Crippen LogP) is 2.71. The van der Waals surface area contributed by atoms with Crippen molar-refractivity contribution in [2.75, 3.05) is 6.61 Å². The lowest BCUT2D eigenvalue weighted by atomic mass is 9.85. The number of nitrogens with one attached hydrogen (secondary N) is 1. The SMILES string of the molecule is CC1CC=CCC1COc1cncc(CNC2CC2)n1. The van der Waals surface area contributed by atoms with Gasteiger partial charge in [-0.15, -0.1) is 0 Å². The number of hydrogen-bond acceptors (Lipinski definition) is 4. The molecular formula is C16H23N3O. The number of nitrogens with zero attached hydrogens (tertiary/aromatic N) is 2. The van der Waals surface area contributed by atoms with Crippen LogP contribution in [0.5, 0.6) is 5.88 Å². The molecule has 3 rings (SSSR count). The average molecular weight is 273 g/mol. The van der Waals surface area contributed by atoms with E-state index in [0.29, 0.717) is 23.8 Å². The normalized spacial score (nSPS) is 25.6. The third kappa shape index (κ3) is 3.79. The highest BCUT2D eigenvalue weighted by Crippen LogP contribution is 2.25. The van der Waals surface area contributed by atoms with Crippen molar-refractivity contribution in [1.82, 2.24) is 15.3 Å². The van der Waals surface area contributed by atoms with Crippen LogP contribution in [0.4, 0.5) is 0 Å². The topological polar surface area (TPSA) is 47.0 Å². The van der Waals surface area contributed by atoms with Crippen molar-refractivity contribution in [3.05, 3.63) is 30.2 Å².